The van der Waals surface area contributed by atoms with Crippen LogP contribution in [0.1, 0.15) is 25.0 Å². The number of methoxy groups -OCH3 is 2. The van der Waals surface area contributed by atoms with E-state index >= 15 is 0 Å². The number of amides is 1. The highest BCUT2D eigenvalue weighted by Crippen LogP contribution is 2.29. The first-order valence-electron chi connectivity index (χ1n) is 13.1. The first kappa shape index (κ1) is 28.3. The average molecular weight is 552 g/mol. The molecule has 0 radical (unpaired) electrons. The second-order valence-electron chi connectivity index (χ2n) is 9.75. The molecule has 1 fully saturated rings. The van der Waals surface area contributed by atoms with E-state index in [4.69, 9.17) is 9.47 Å². The van der Waals surface area contributed by atoms with Crippen LogP contribution in [0.15, 0.2) is 71.6 Å². The zero-order valence-electron chi connectivity index (χ0n) is 23.3. The summed E-state index contributed by atoms with van der Waals surface area (Å²) in [6.07, 6.45) is 0.293. The van der Waals surface area contributed by atoms with Crippen LogP contribution in [0.25, 0.3) is 0 Å². The number of sulfonamides is 1. The Bertz CT molecular complexity index is 1390. The van der Waals surface area contributed by atoms with E-state index in [0.29, 0.717) is 49.8 Å². The van der Waals surface area contributed by atoms with E-state index in [9.17, 15) is 13.2 Å². The van der Waals surface area contributed by atoms with Crippen molar-refractivity contribution in [3.63, 3.8) is 0 Å². The van der Waals surface area contributed by atoms with Gasteiger partial charge in [-0.15, -0.1) is 0 Å². The normalized spacial score (nSPS) is 15.7. The Morgan fingerprint density at radius 2 is 1.62 bits per heavy atom. The van der Waals surface area contributed by atoms with E-state index < -0.39 is 10.0 Å². The third-order valence-electron chi connectivity index (χ3n) is 7.15. The third kappa shape index (κ3) is 6.14. The van der Waals surface area contributed by atoms with Crippen molar-refractivity contribution < 1.29 is 22.7 Å². The number of hydrogen-bond donors (Lipinski definition) is 0. The minimum absolute atomic E-state index is 0.0279. The lowest BCUT2D eigenvalue weighted by atomic mass is 10.1. The molecule has 1 atom stereocenters. The van der Waals surface area contributed by atoms with E-state index in [-0.39, 0.29) is 16.8 Å². The van der Waals surface area contributed by atoms with Gasteiger partial charge in [0.1, 0.15) is 0 Å². The zero-order valence-corrected chi connectivity index (χ0v) is 24.1. The molecule has 0 bridgehead atoms. The van der Waals surface area contributed by atoms with Gasteiger partial charge in [-0.1, -0.05) is 23.8 Å². The van der Waals surface area contributed by atoms with E-state index in [1.165, 1.54) is 4.31 Å². The predicted octanol–water partition coefficient (Wildman–Crippen LogP) is 4.51. The van der Waals surface area contributed by atoms with Crippen LogP contribution < -0.4 is 18.7 Å². The van der Waals surface area contributed by atoms with Gasteiger partial charge in [0, 0.05) is 37.9 Å². The number of ether oxygens (including phenoxy) is 2. The van der Waals surface area contributed by atoms with E-state index in [1.807, 2.05) is 73.3 Å². The molecule has 1 heterocycles. The Morgan fingerprint density at radius 1 is 0.949 bits per heavy atom. The van der Waals surface area contributed by atoms with Crippen LogP contribution in [0.4, 0.5) is 11.4 Å². The van der Waals surface area contributed by atoms with Crippen molar-refractivity contribution in [2.24, 2.45) is 0 Å². The molecule has 0 N–H and O–H groups in total. The lowest BCUT2D eigenvalue weighted by Crippen LogP contribution is -2.54. The van der Waals surface area contributed by atoms with Gasteiger partial charge in [-0.3, -0.25) is 9.10 Å². The molecular weight excluding hydrogens is 514 g/mol. The molecule has 0 saturated carbocycles. The van der Waals surface area contributed by atoms with Crippen LogP contribution in [0.5, 0.6) is 11.5 Å². The van der Waals surface area contributed by atoms with Crippen molar-refractivity contribution in [2.45, 2.75) is 38.1 Å². The highest BCUT2D eigenvalue weighted by atomic mass is 32.2. The summed E-state index contributed by atoms with van der Waals surface area (Å²) in [5.41, 5.74) is 3.52. The topological polar surface area (TPSA) is 79.4 Å². The zero-order chi connectivity index (χ0) is 28.2. The van der Waals surface area contributed by atoms with Crippen molar-refractivity contribution in [3.05, 3.63) is 77.9 Å². The van der Waals surface area contributed by atoms with Crippen LogP contribution in [-0.4, -0.2) is 65.7 Å². The van der Waals surface area contributed by atoms with Gasteiger partial charge in [-0.25, -0.2) is 8.42 Å². The fraction of sp³-hybridized carbons (Fsp3) is 0.367. The molecule has 1 aliphatic heterocycles. The molecule has 0 spiro atoms. The van der Waals surface area contributed by atoms with Crippen molar-refractivity contribution >= 4 is 27.3 Å². The van der Waals surface area contributed by atoms with Gasteiger partial charge < -0.3 is 19.3 Å². The summed E-state index contributed by atoms with van der Waals surface area (Å²) in [6.45, 7) is 8.14. The molecule has 1 aliphatic rings. The third-order valence-corrected chi connectivity index (χ3v) is 9.07. The Balaban J connectivity index is 1.41. The van der Waals surface area contributed by atoms with Crippen LogP contribution in [0.2, 0.25) is 0 Å². The van der Waals surface area contributed by atoms with E-state index in [2.05, 4.69) is 11.8 Å². The molecule has 8 nitrogen and oxygen atoms in total. The molecule has 4 rings (SSSR count). The summed E-state index contributed by atoms with van der Waals surface area (Å²) >= 11 is 0. The number of rotatable bonds is 9. The molecule has 3 aromatic rings. The number of benzene rings is 3. The molecular formula is C30H37N3O5S. The highest BCUT2D eigenvalue weighted by Gasteiger charge is 2.28. The Kier molecular flexibility index (Phi) is 8.70. The minimum Gasteiger partial charge on any atom is -0.493 e. The second-order valence-corrected chi connectivity index (χ2v) is 11.6. The molecule has 3 aromatic carbocycles. The maximum absolute atomic E-state index is 13.3. The fourth-order valence-electron chi connectivity index (χ4n) is 4.99. The first-order valence-corrected chi connectivity index (χ1v) is 14.6. The number of nitrogens with zero attached hydrogens (tertiary/aromatic N) is 3. The number of piperazine rings is 1. The van der Waals surface area contributed by atoms with Gasteiger partial charge in [-0.2, -0.15) is 0 Å². The van der Waals surface area contributed by atoms with E-state index in [1.54, 1.807) is 26.4 Å². The Hall–Kier alpha value is -3.72. The summed E-state index contributed by atoms with van der Waals surface area (Å²) < 4.78 is 38.6. The van der Waals surface area contributed by atoms with Crippen molar-refractivity contribution in [1.82, 2.24) is 4.90 Å². The largest absolute Gasteiger partial charge is 0.493 e. The molecule has 1 saturated heterocycles. The molecule has 1 amide bonds. The number of anilines is 2. The van der Waals surface area contributed by atoms with Gasteiger partial charge >= 0.3 is 0 Å². The average Bonchev–Trinajstić information content (AvgIpc) is 2.93. The molecule has 0 aliphatic carbocycles. The van der Waals surface area contributed by atoms with Crippen LogP contribution >= 0.6 is 0 Å². The lowest BCUT2D eigenvalue weighted by molar-refractivity contribution is -0.132. The highest BCUT2D eigenvalue weighted by molar-refractivity contribution is 7.92. The molecule has 39 heavy (non-hydrogen) atoms. The molecule has 0 aromatic heterocycles. The maximum atomic E-state index is 13.3. The van der Waals surface area contributed by atoms with Gasteiger partial charge in [0.05, 0.1) is 31.2 Å². The van der Waals surface area contributed by atoms with Crippen LogP contribution in [0.3, 0.4) is 0 Å². The van der Waals surface area contributed by atoms with E-state index in [0.717, 1.165) is 16.8 Å². The maximum Gasteiger partial charge on any atom is 0.264 e. The molecule has 208 valence electrons. The quantitative estimate of drug-likeness (QED) is 0.390. The number of carbonyl (C=O) groups is 1. The number of aryl methyl sites for hydroxylation is 1. The predicted molar refractivity (Wildman–Crippen MR) is 154 cm³/mol. The van der Waals surface area contributed by atoms with Gasteiger partial charge in [-0.05, 0) is 74.9 Å². The summed E-state index contributed by atoms with van der Waals surface area (Å²) in [4.78, 5) is 17.6. The van der Waals surface area contributed by atoms with Crippen LogP contribution in [0, 0.1) is 6.92 Å². The SMILES string of the molecule is CCN(c1ccc(N2CCN(C(=O)Cc3ccc(OC)c(OC)c3)[C@H](C)C2)cc1)S(=O)(=O)c1ccc(C)cc1. The smallest absolute Gasteiger partial charge is 0.264 e. The second kappa shape index (κ2) is 12.0. The summed E-state index contributed by atoms with van der Waals surface area (Å²) in [5.74, 6) is 1.32. The van der Waals surface area contributed by atoms with Gasteiger partial charge in [0.2, 0.25) is 5.91 Å². The van der Waals surface area contributed by atoms with Crippen molar-refractivity contribution in [3.8, 4) is 11.5 Å². The monoisotopic (exact) mass is 551 g/mol. The lowest BCUT2D eigenvalue weighted by Gasteiger charge is -2.41. The standard InChI is InChI=1S/C30H37N3O5S/c1-6-33(39(35,36)27-14-7-22(2)8-15-27)26-12-10-25(11-13-26)31-17-18-32(23(3)21-31)30(34)20-24-9-16-28(37-4)29(19-24)38-5/h7-16,19,23H,6,17-18,20-21H2,1-5H3/t23-/m1/s1. The molecule has 0 unspecified atom stereocenters. The van der Waals surface area contributed by atoms with Crippen molar-refractivity contribution in [2.75, 3.05) is 49.6 Å². The summed E-state index contributed by atoms with van der Waals surface area (Å²) in [7, 11) is -0.487. The van der Waals surface area contributed by atoms with Crippen molar-refractivity contribution in [1.29, 1.82) is 0 Å². The Morgan fingerprint density at radius 3 is 2.21 bits per heavy atom. The number of carbonyl (C=O) groups excluding carboxylic acids is 1. The summed E-state index contributed by atoms with van der Waals surface area (Å²) in [6, 6.07) is 20.1. The Labute approximate surface area is 231 Å². The molecule has 9 heteroatoms. The van der Waals surface area contributed by atoms with Gasteiger partial charge in [0.15, 0.2) is 11.5 Å². The number of hydrogen-bond acceptors (Lipinski definition) is 6. The minimum atomic E-state index is -3.66. The first-order chi connectivity index (χ1) is 18.7. The van der Waals surface area contributed by atoms with Gasteiger partial charge in [0.25, 0.3) is 10.0 Å². The van der Waals surface area contributed by atoms with Crippen LogP contribution in [-0.2, 0) is 21.2 Å². The fourth-order valence-corrected chi connectivity index (χ4v) is 6.46. The summed E-state index contributed by atoms with van der Waals surface area (Å²) in [5, 5.41) is 0.